The maximum atomic E-state index is 11.7. The summed E-state index contributed by atoms with van der Waals surface area (Å²) < 4.78 is 33.0. The summed E-state index contributed by atoms with van der Waals surface area (Å²) >= 11 is 0. The van der Waals surface area contributed by atoms with Crippen molar-refractivity contribution >= 4 is 15.7 Å². The zero-order valence-electron chi connectivity index (χ0n) is 11.9. The minimum absolute atomic E-state index is 0.0224. The third-order valence-electron chi connectivity index (χ3n) is 3.23. The van der Waals surface area contributed by atoms with E-state index in [-0.39, 0.29) is 30.1 Å². The van der Waals surface area contributed by atoms with Crippen molar-refractivity contribution in [1.82, 2.24) is 5.32 Å². The van der Waals surface area contributed by atoms with E-state index in [2.05, 4.69) is 5.32 Å². The van der Waals surface area contributed by atoms with Crippen molar-refractivity contribution < 1.29 is 22.7 Å². The van der Waals surface area contributed by atoms with Crippen molar-refractivity contribution in [3.8, 4) is 5.75 Å². The molecule has 7 heteroatoms. The number of benzene rings is 1. The summed E-state index contributed by atoms with van der Waals surface area (Å²) in [6, 6.07) is 7.10. The molecule has 1 aliphatic rings. The van der Waals surface area contributed by atoms with Gasteiger partial charge in [0.15, 0.2) is 9.84 Å². The third-order valence-corrected chi connectivity index (χ3v) is 5.00. The van der Waals surface area contributed by atoms with Gasteiger partial charge in [0, 0.05) is 6.04 Å². The van der Waals surface area contributed by atoms with Crippen LogP contribution in [0.2, 0.25) is 0 Å². The van der Waals surface area contributed by atoms with E-state index in [1.807, 2.05) is 24.3 Å². The molecule has 1 heterocycles. The molecule has 1 aromatic rings. The van der Waals surface area contributed by atoms with Crippen molar-refractivity contribution in [3.63, 3.8) is 0 Å². The third kappa shape index (κ3) is 5.02. The lowest BCUT2D eigenvalue weighted by Crippen LogP contribution is -2.37. The number of rotatable bonds is 6. The SMILES string of the molecule is COc1cccc(COCC(=O)N[C@H]2CCS(=O)(=O)C2)c1. The van der Waals surface area contributed by atoms with Crippen LogP contribution in [-0.2, 0) is 26.0 Å². The first-order chi connectivity index (χ1) is 9.98. The molecule has 1 amide bonds. The van der Waals surface area contributed by atoms with Gasteiger partial charge in [-0.15, -0.1) is 0 Å². The van der Waals surface area contributed by atoms with Gasteiger partial charge < -0.3 is 14.8 Å². The lowest BCUT2D eigenvalue weighted by Gasteiger charge is -2.11. The van der Waals surface area contributed by atoms with Gasteiger partial charge in [-0.25, -0.2) is 8.42 Å². The molecule has 1 fully saturated rings. The number of hydrogen-bond donors (Lipinski definition) is 1. The molecule has 1 aromatic carbocycles. The minimum Gasteiger partial charge on any atom is -0.497 e. The number of methoxy groups -OCH3 is 1. The van der Waals surface area contributed by atoms with Gasteiger partial charge in [0.05, 0.1) is 25.2 Å². The van der Waals surface area contributed by atoms with E-state index >= 15 is 0 Å². The molecule has 6 nitrogen and oxygen atoms in total. The average Bonchev–Trinajstić information content (AvgIpc) is 2.78. The number of ether oxygens (including phenoxy) is 2. The summed E-state index contributed by atoms with van der Waals surface area (Å²) in [5.41, 5.74) is 0.908. The van der Waals surface area contributed by atoms with Crippen LogP contribution in [0.4, 0.5) is 0 Å². The normalized spacial score (nSPS) is 20.1. The largest absolute Gasteiger partial charge is 0.497 e. The smallest absolute Gasteiger partial charge is 0.246 e. The molecule has 1 saturated heterocycles. The van der Waals surface area contributed by atoms with Crippen LogP contribution in [-0.4, -0.2) is 45.6 Å². The number of hydrogen-bond acceptors (Lipinski definition) is 5. The molecule has 0 unspecified atom stereocenters. The zero-order chi connectivity index (χ0) is 15.3. The van der Waals surface area contributed by atoms with E-state index in [4.69, 9.17) is 9.47 Å². The monoisotopic (exact) mass is 313 g/mol. The maximum absolute atomic E-state index is 11.7. The van der Waals surface area contributed by atoms with Crippen LogP contribution in [0.25, 0.3) is 0 Å². The zero-order valence-corrected chi connectivity index (χ0v) is 12.7. The highest BCUT2D eigenvalue weighted by atomic mass is 32.2. The Balaban J connectivity index is 1.72. The molecule has 1 atom stereocenters. The number of amides is 1. The van der Waals surface area contributed by atoms with Gasteiger partial charge in [-0.2, -0.15) is 0 Å². The Labute approximate surface area is 124 Å². The summed E-state index contributed by atoms with van der Waals surface area (Å²) in [5.74, 6) is 0.605. The first-order valence-electron chi connectivity index (χ1n) is 6.69. The topological polar surface area (TPSA) is 81.7 Å². The second-order valence-corrected chi connectivity index (χ2v) is 7.24. The van der Waals surface area contributed by atoms with E-state index in [1.54, 1.807) is 7.11 Å². The fraction of sp³-hybridized carbons (Fsp3) is 0.500. The highest BCUT2D eigenvalue weighted by Crippen LogP contribution is 2.13. The summed E-state index contributed by atoms with van der Waals surface area (Å²) in [7, 11) is -1.40. The Morgan fingerprint density at radius 1 is 1.43 bits per heavy atom. The lowest BCUT2D eigenvalue weighted by atomic mass is 10.2. The van der Waals surface area contributed by atoms with Crippen molar-refractivity contribution in [2.45, 2.75) is 19.1 Å². The Morgan fingerprint density at radius 3 is 2.90 bits per heavy atom. The minimum atomic E-state index is -2.98. The predicted octanol–water partition coefficient (Wildman–Crippen LogP) is 0.515. The molecule has 2 rings (SSSR count). The maximum Gasteiger partial charge on any atom is 0.246 e. The van der Waals surface area contributed by atoms with E-state index in [1.165, 1.54) is 0 Å². The molecule has 0 bridgehead atoms. The van der Waals surface area contributed by atoms with Gasteiger partial charge in [-0.3, -0.25) is 4.79 Å². The van der Waals surface area contributed by atoms with Gasteiger partial charge in [0.1, 0.15) is 12.4 Å². The van der Waals surface area contributed by atoms with Crippen molar-refractivity contribution in [3.05, 3.63) is 29.8 Å². The van der Waals surface area contributed by atoms with E-state index in [0.29, 0.717) is 13.0 Å². The first-order valence-corrected chi connectivity index (χ1v) is 8.51. The molecular formula is C14H19NO5S. The fourth-order valence-corrected chi connectivity index (χ4v) is 3.88. The highest BCUT2D eigenvalue weighted by molar-refractivity contribution is 7.91. The molecular weight excluding hydrogens is 294 g/mol. The second-order valence-electron chi connectivity index (χ2n) is 5.01. The highest BCUT2D eigenvalue weighted by Gasteiger charge is 2.28. The fourth-order valence-electron chi connectivity index (χ4n) is 2.20. The van der Waals surface area contributed by atoms with Crippen LogP contribution in [0.15, 0.2) is 24.3 Å². The number of carbonyl (C=O) groups excluding carboxylic acids is 1. The van der Waals surface area contributed by atoms with Crippen LogP contribution in [0.3, 0.4) is 0 Å². The number of sulfone groups is 1. The Bertz CT molecular complexity index is 599. The van der Waals surface area contributed by atoms with Gasteiger partial charge in [0.25, 0.3) is 0 Å². The summed E-state index contributed by atoms with van der Waals surface area (Å²) in [6.07, 6.45) is 0.476. The Kier molecular flexibility index (Phi) is 5.19. The van der Waals surface area contributed by atoms with Crippen LogP contribution in [0.1, 0.15) is 12.0 Å². The molecule has 0 saturated carbocycles. The van der Waals surface area contributed by atoms with Gasteiger partial charge in [-0.05, 0) is 24.1 Å². The van der Waals surface area contributed by atoms with Gasteiger partial charge in [-0.1, -0.05) is 12.1 Å². The van der Waals surface area contributed by atoms with Crippen LogP contribution in [0, 0.1) is 0 Å². The standard InChI is InChI=1S/C14H19NO5S/c1-19-13-4-2-3-11(7-13)8-20-9-14(16)15-12-5-6-21(17,18)10-12/h2-4,7,12H,5-6,8-10H2,1H3,(H,15,16)/t12-/m0/s1. The molecule has 21 heavy (non-hydrogen) atoms. The van der Waals surface area contributed by atoms with Gasteiger partial charge in [0.2, 0.25) is 5.91 Å². The van der Waals surface area contributed by atoms with Crippen molar-refractivity contribution in [1.29, 1.82) is 0 Å². The quantitative estimate of drug-likeness (QED) is 0.828. The number of nitrogens with one attached hydrogen (secondary N) is 1. The van der Waals surface area contributed by atoms with E-state index in [0.717, 1.165) is 11.3 Å². The summed E-state index contributed by atoms with van der Waals surface area (Å²) in [4.78, 5) is 11.7. The van der Waals surface area contributed by atoms with E-state index < -0.39 is 9.84 Å². The van der Waals surface area contributed by atoms with Gasteiger partial charge >= 0.3 is 0 Å². The molecule has 0 aromatic heterocycles. The molecule has 1 N–H and O–H groups in total. The average molecular weight is 313 g/mol. The second kappa shape index (κ2) is 6.91. The molecule has 0 radical (unpaired) electrons. The van der Waals surface area contributed by atoms with Crippen molar-refractivity contribution in [2.75, 3.05) is 25.2 Å². The number of carbonyl (C=O) groups is 1. The molecule has 0 spiro atoms. The van der Waals surface area contributed by atoms with Crippen LogP contribution < -0.4 is 10.1 Å². The predicted molar refractivity (Wildman–Crippen MR) is 77.9 cm³/mol. The Morgan fingerprint density at radius 2 is 2.24 bits per heavy atom. The van der Waals surface area contributed by atoms with Crippen LogP contribution in [0.5, 0.6) is 5.75 Å². The van der Waals surface area contributed by atoms with Crippen LogP contribution >= 0.6 is 0 Å². The van der Waals surface area contributed by atoms with E-state index in [9.17, 15) is 13.2 Å². The lowest BCUT2D eigenvalue weighted by molar-refractivity contribution is -0.126. The molecule has 0 aliphatic carbocycles. The van der Waals surface area contributed by atoms with Crippen molar-refractivity contribution in [2.24, 2.45) is 0 Å². The first kappa shape index (κ1) is 15.8. The summed E-state index contributed by atoms with van der Waals surface area (Å²) in [6.45, 7) is 0.210. The Hall–Kier alpha value is -1.60. The molecule has 116 valence electrons. The summed E-state index contributed by atoms with van der Waals surface area (Å²) in [5, 5.41) is 2.68. The molecule has 1 aliphatic heterocycles.